The van der Waals surface area contributed by atoms with Gasteiger partial charge in [0.05, 0.1) is 0 Å². The topological polar surface area (TPSA) is 34.1 Å². The Balaban J connectivity index is 4.05. The zero-order valence-electron chi connectivity index (χ0n) is 9.02. The smallest absolute Gasteiger partial charge is 0.141 e. The minimum atomic E-state index is -0.302. The summed E-state index contributed by atoms with van der Waals surface area (Å²) in [5.74, 6) is 0.0907. The first-order valence-electron chi connectivity index (χ1n) is 4.64. The van der Waals surface area contributed by atoms with Crippen molar-refractivity contribution < 1.29 is 9.59 Å². The zero-order chi connectivity index (χ0) is 10.6. The highest BCUT2D eigenvalue weighted by Gasteiger charge is 2.26. The third-order valence-corrected chi connectivity index (χ3v) is 2.04. The molecule has 0 aliphatic heterocycles. The van der Waals surface area contributed by atoms with E-state index in [1.165, 1.54) is 0 Å². The SMILES string of the molecule is [CH2]C(=O)CCC(C)C(=O)C(C)(C)C. The Bertz CT molecular complexity index is 199. The van der Waals surface area contributed by atoms with Crippen molar-refractivity contribution in [2.24, 2.45) is 11.3 Å². The van der Waals surface area contributed by atoms with Crippen LogP contribution in [0.5, 0.6) is 0 Å². The first-order valence-corrected chi connectivity index (χ1v) is 4.64. The van der Waals surface area contributed by atoms with Crippen LogP contribution in [0.1, 0.15) is 40.5 Å². The molecule has 0 saturated heterocycles. The van der Waals surface area contributed by atoms with Gasteiger partial charge in [-0.3, -0.25) is 9.59 Å². The highest BCUT2D eigenvalue weighted by molar-refractivity contribution is 5.87. The van der Waals surface area contributed by atoms with Gasteiger partial charge in [0.2, 0.25) is 0 Å². The van der Waals surface area contributed by atoms with Crippen LogP contribution < -0.4 is 0 Å². The van der Waals surface area contributed by atoms with Gasteiger partial charge < -0.3 is 0 Å². The van der Waals surface area contributed by atoms with Crippen molar-refractivity contribution in [1.82, 2.24) is 0 Å². The Labute approximate surface area is 80.7 Å². The summed E-state index contributed by atoms with van der Waals surface area (Å²) in [6, 6.07) is 0. The minimum Gasteiger partial charge on any atom is -0.300 e. The second-order valence-corrected chi connectivity index (χ2v) is 4.59. The fourth-order valence-electron chi connectivity index (χ4n) is 1.25. The summed E-state index contributed by atoms with van der Waals surface area (Å²) in [5, 5.41) is 0. The number of Topliss-reactive ketones (excluding diaryl/α,β-unsaturated/α-hetero) is 2. The molecule has 0 aliphatic rings. The second kappa shape index (κ2) is 4.54. The van der Waals surface area contributed by atoms with Crippen molar-refractivity contribution in [3.8, 4) is 0 Å². The molecular weight excluding hydrogens is 164 g/mol. The van der Waals surface area contributed by atoms with Gasteiger partial charge in [-0.15, -0.1) is 0 Å². The summed E-state index contributed by atoms with van der Waals surface area (Å²) in [7, 11) is 0. The number of carbonyl (C=O) groups is 2. The first kappa shape index (κ1) is 12.3. The molecule has 0 aromatic heterocycles. The molecule has 2 nitrogen and oxygen atoms in total. The standard InChI is InChI=1S/C11H19O2/c1-8(6-7-9(2)12)10(13)11(3,4)5/h8H,2,6-7H2,1,3-5H3. The monoisotopic (exact) mass is 183 g/mol. The Morgan fingerprint density at radius 1 is 1.31 bits per heavy atom. The van der Waals surface area contributed by atoms with Crippen molar-refractivity contribution in [3.05, 3.63) is 6.92 Å². The van der Waals surface area contributed by atoms with E-state index < -0.39 is 0 Å². The Morgan fingerprint density at radius 2 is 1.77 bits per heavy atom. The molecule has 0 fully saturated rings. The number of ketones is 2. The van der Waals surface area contributed by atoms with Crippen molar-refractivity contribution in [1.29, 1.82) is 0 Å². The molecule has 0 saturated carbocycles. The minimum absolute atomic E-state index is 0.0364. The predicted octanol–water partition coefficient (Wildman–Crippen LogP) is 2.42. The van der Waals surface area contributed by atoms with Crippen molar-refractivity contribution in [3.63, 3.8) is 0 Å². The Hall–Kier alpha value is -0.660. The van der Waals surface area contributed by atoms with E-state index in [1.54, 1.807) is 0 Å². The van der Waals surface area contributed by atoms with Gasteiger partial charge in [-0.05, 0) is 6.42 Å². The summed E-state index contributed by atoms with van der Waals surface area (Å²) in [6.07, 6.45) is 1.03. The maximum Gasteiger partial charge on any atom is 0.141 e. The average Bonchev–Trinajstić information content (AvgIpc) is 1.96. The highest BCUT2D eigenvalue weighted by Crippen LogP contribution is 2.22. The van der Waals surface area contributed by atoms with Gasteiger partial charge in [0.1, 0.15) is 11.6 Å². The van der Waals surface area contributed by atoms with Gasteiger partial charge >= 0.3 is 0 Å². The fourth-order valence-corrected chi connectivity index (χ4v) is 1.25. The van der Waals surface area contributed by atoms with E-state index in [4.69, 9.17) is 0 Å². The third kappa shape index (κ3) is 4.81. The van der Waals surface area contributed by atoms with Gasteiger partial charge in [0, 0.05) is 24.7 Å². The lowest BCUT2D eigenvalue weighted by Crippen LogP contribution is -2.26. The van der Waals surface area contributed by atoms with Crippen LogP contribution in [0.25, 0.3) is 0 Å². The molecule has 2 heteroatoms. The molecular formula is C11H19O2. The van der Waals surface area contributed by atoms with Crippen LogP contribution in [0.4, 0.5) is 0 Å². The number of rotatable bonds is 4. The molecule has 0 heterocycles. The summed E-state index contributed by atoms with van der Waals surface area (Å²) in [4.78, 5) is 22.2. The van der Waals surface area contributed by atoms with Gasteiger partial charge in [0.25, 0.3) is 0 Å². The van der Waals surface area contributed by atoms with Gasteiger partial charge in [-0.1, -0.05) is 27.7 Å². The van der Waals surface area contributed by atoms with E-state index >= 15 is 0 Å². The Kier molecular flexibility index (Phi) is 4.31. The normalized spacial score (nSPS) is 13.9. The number of carbonyl (C=O) groups excluding carboxylic acids is 2. The van der Waals surface area contributed by atoms with Crippen LogP contribution in [-0.4, -0.2) is 11.6 Å². The van der Waals surface area contributed by atoms with Crippen molar-refractivity contribution >= 4 is 11.6 Å². The summed E-state index contributed by atoms with van der Waals surface area (Å²) >= 11 is 0. The van der Waals surface area contributed by atoms with Crippen LogP contribution in [0, 0.1) is 18.3 Å². The van der Waals surface area contributed by atoms with Crippen molar-refractivity contribution in [2.45, 2.75) is 40.5 Å². The van der Waals surface area contributed by atoms with Crippen molar-refractivity contribution in [2.75, 3.05) is 0 Å². The number of hydrogen-bond donors (Lipinski definition) is 0. The molecule has 13 heavy (non-hydrogen) atoms. The lowest BCUT2D eigenvalue weighted by molar-refractivity contribution is -0.130. The molecule has 0 N–H and O–H groups in total. The highest BCUT2D eigenvalue weighted by atomic mass is 16.1. The average molecular weight is 183 g/mol. The van der Waals surface area contributed by atoms with Gasteiger partial charge in [-0.2, -0.15) is 0 Å². The van der Waals surface area contributed by atoms with Crippen LogP contribution in [0.2, 0.25) is 0 Å². The third-order valence-electron chi connectivity index (χ3n) is 2.04. The maximum atomic E-state index is 11.6. The van der Waals surface area contributed by atoms with E-state index in [1.807, 2.05) is 27.7 Å². The van der Waals surface area contributed by atoms with Gasteiger partial charge in [-0.25, -0.2) is 0 Å². The lowest BCUT2D eigenvalue weighted by Gasteiger charge is -2.21. The maximum absolute atomic E-state index is 11.6. The molecule has 0 aromatic carbocycles. The molecule has 0 bridgehead atoms. The van der Waals surface area contributed by atoms with Crippen LogP contribution in [0.3, 0.4) is 0 Å². The molecule has 75 valence electrons. The molecule has 0 spiro atoms. The van der Waals surface area contributed by atoms with E-state index in [0.717, 1.165) is 0 Å². The zero-order valence-corrected chi connectivity index (χ0v) is 9.02. The predicted molar refractivity (Wildman–Crippen MR) is 53.2 cm³/mol. The molecule has 1 radical (unpaired) electrons. The molecule has 1 atom stereocenters. The molecule has 0 aliphatic carbocycles. The van der Waals surface area contributed by atoms with Gasteiger partial charge in [0.15, 0.2) is 0 Å². The largest absolute Gasteiger partial charge is 0.300 e. The van der Waals surface area contributed by atoms with E-state index in [9.17, 15) is 9.59 Å². The second-order valence-electron chi connectivity index (χ2n) is 4.59. The number of hydrogen-bond acceptors (Lipinski definition) is 2. The van der Waals surface area contributed by atoms with Crippen LogP contribution >= 0.6 is 0 Å². The van der Waals surface area contributed by atoms with E-state index in [2.05, 4.69) is 6.92 Å². The molecule has 0 amide bonds. The molecule has 1 unspecified atom stereocenters. The Morgan fingerprint density at radius 3 is 2.08 bits per heavy atom. The summed E-state index contributed by atoms with van der Waals surface area (Å²) in [6.45, 7) is 10.9. The van der Waals surface area contributed by atoms with Crippen LogP contribution in [0.15, 0.2) is 0 Å². The summed E-state index contributed by atoms with van der Waals surface area (Å²) < 4.78 is 0. The fraction of sp³-hybridized carbons (Fsp3) is 0.727. The first-order chi connectivity index (χ1) is 5.75. The summed E-state index contributed by atoms with van der Waals surface area (Å²) in [5.41, 5.74) is -0.302. The van der Waals surface area contributed by atoms with E-state index in [0.29, 0.717) is 12.8 Å². The quantitative estimate of drug-likeness (QED) is 0.670. The molecule has 0 rings (SSSR count). The molecule has 0 aromatic rings. The lowest BCUT2D eigenvalue weighted by atomic mass is 9.82. The van der Waals surface area contributed by atoms with Crippen LogP contribution in [-0.2, 0) is 9.59 Å². The van der Waals surface area contributed by atoms with E-state index in [-0.39, 0.29) is 22.9 Å².